The van der Waals surface area contributed by atoms with E-state index in [1.54, 1.807) is 0 Å². The molecule has 2 N–H and O–H groups in total. The number of anilines is 1. The number of hydrogen-bond donors (Lipinski definition) is 2. The monoisotopic (exact) mass is 408 g/mol. The van der Waals surface area contributed by atoms with Gasteiger partial charge in [0.2, 0.25) is 5.91 Å². The van der Waals surface area contributed by atoms with Crippen molar-refractivity contribution in [1.82, 2.24) is 14.7 Å². The summed E-state index contributed by atoms with van der Waals surface area (Å²) in [4.78, 5) is 16.6. The van der Waals surface area contributed by atoms with Gasteiger partial charge in [-0.2, -0.15) is 0 Å². The summed E-state index contributed by atoms with van der Waals surface area (Å²) in [7, 11) is 0. The van der Waals surface area contributed by atoms with Gasteiger partial charge in [-0.05, 0) is 49.4 Å². The number of amides is 1. The van der Waals surface area contributed by atoms with Gasteiger partial charge < -0.3 is 19.8 Å². The number of imidazole rings is 1. The number of ether oxygens (including phenoxy) is 1. The Balaban J connectivity index is 0.00000131. The molecule has 0 saturated carbocycles. The first-order chi connectivity index (χ1) is 12.3. The van der Waals surface area contributed by atoms with Crippen LogP contribution in [0.1, 0.15) is 12.1 Å². The minimum absolute atomic E-state index is 0. The number of benzene rings is 1. The first-order valence-corrected chi connectivity index (χ1v) is 8.45. The van der Waals surface area contributed by atoms with E-state index in [4.69, 9.17) is 4.74 Å². The second kappa shape index (κ2) is 9.60. The predicted molar refractivity (Wildman–Crippen MR) is 110 cm³/mol. The fourth-order valence-electron chi connectivity index (χ4n) is 2.97. The van der Waals surface area contributed by atoms with E-state index in [0.717, 1.165) is 42.3 Å². The molecule has 1 aliphatic rings. The molecular formula is C19H22Cl2N4O2. The average molecular weight is 409 g/mol. The molecule has 144 valence electrons. The number of aromatic nitrogens is 2. The van der Waals surface area contributed by atoms with Crippen molar-refractivity contribution in [2.24, 2.45) is 5.92 Å². The van der Waals surface area contributed by atoms with Crippen molar-refractivity contribution in [2.75, 3.05) is 18.4 Å². The van der Waals surface area contributed by atoms with Crippen LogP contribution in [0, 0.1) is 5.92 Å². The van der Waals surface area contributed by atoms with Gasteiger partial charge in [-0.15, -0.1) is 24.8 Å². The van der Waals surface area contributed by atoms with E-state index < -0.39 is 0 Å². The van der Waals surface area contributed by atoms with Crippen LogP contribution in [0.2, 0.25) is 0 Å². The molecule has 27 heavy (non-hydrogen) atoms. The van der Waals surface area contributed by atoms with Crippen LogP contribution >= 0.6 is 24.8 Å². The largest absolute Gasteiger partial charge is 0.487 e. The molecule has 6 nitrogen and oxygen atoms in total. The lowest BCUT2D eigenvalue weighted by molar-refractivity contribution is -0.119. The number of fused-ring (bicyclic) bond motifs is 1. The van der Waals surface area contributed by atoms with Gasteiger partial charge >= 0.3 is 0 Å². The zero-order valence-electron chi connectivity index (χ0n) is 14.6. The third-order valence-corrected chi connectivity index (χ3v) is 4.35. The summed E-state index contributed by atoms with van der Waals surface area (Å²) in [6, 6.07) is 13.3. The second-order valence-corrected chi connectivity index (χ2v) is 6.19. The summed E-state index contributed by atoms with van der Waals surface area (Å²) < 4.78 is 7.75. The topological polar surface area (TPSA) is 67.7 Å². The smallest absolute Gasteiger partial charge is 0.228 e. The number of nitrogens with one attached hydrogen (secondary N) is 2. The zero-order valence-corrected chi connectivity index (χ0v) is 16.3. The van der Waals surface area contributed by atoms with Crippen molar-refractivity contribution >= 4 is 42.1 Å². The van der Waals surface area contributed by atoms with E-state index in [9.17, 15) is 4.79 Å². The summed E-state index contributed by atoms with van der Waals surface area (Å²) in [5.74, 6) is 0.881. The minimum atomic E-state index is 0. The molecule has 4 rings (SSSR count). The molecular weight excluding hydrogens is 387 g/mol. The SMILES string of the molecule is Cl.Cl.O=C(Nc1ccc(OCc2cn3ccccc3n2)cc1)C1CCNC1. The Hall–Kier alpha value is -2.28. The number of nitrogens with zero attached hydrogens (tertiary/aromatic N) is 2. The van der Waals surface area contributed by atoms with Crippen LogP contribution in [-0.2, 0) is 11.4 Å². The average Bonchev–Trinajstić information content (AvgIpc) is 3.30. The third kappa shape index (κ3) is 5.13. The summed E-state index contributed by atoms with van der Waals surface area (Å²) >= 11 is 0. The summed E-state index contributed by atoms with van der Waals surface area (Å²) in [5, 5.41) is 6.15. The summed E-state index contributed by atoms with van der Waals surface area (Å²) in [6.07, 6.45) is 4.81. The van der Waals surface area contributed by atoms with Crippen LogP contribution in [0.4, 0.5) is 5.69 Å². The predicted octanol–water partition coefficient (Wildman–Crippen LogP) is 3.30. The molecule has 1 fully saturated rings. The Morgan fingerprint density at radius 2 is 2.04 bits per heavy atom. The lowest BCUT2D eigenvalue weighted by atomic mass is 10.1. The first-order valence-electron chi connectivity index (χ1n) is 8.45. The van der Waals surface area contributed by atoms with Gasteiger partial charge in [0.25, 0.3) is 0 Å². The van der Waals surface area contributed by atoms with E-state index in [1.807, 2.05) is 59.3 Å². The molecule has 3 aromatic rings. The van der Waals surface area contributed by atoms with Crippen molar-refractivity contribution < 1.29 is 9.53 Å². The van der Waals surface area contributed by atoms with Crippen molar-refractivity contribution in [1.29, 1.82) is 0 Å². The van der Waals surface area contributed by atoms with E-state index in [1.165, 1.54) is 0 Å². The van der Waals surface area contributed by atoms with Gasteiger partial charge in [0, 0.05) is 24.6 Å². The van der Waals surface area contributed by atoms with Crippen molar-refractivity contribution in [3.63, 3.8) is 0 Å². The standard InChI is InChI=1S/C19H20N4O2.2ClH/c24-19(14-8-9-20-11-14)22-15-4-6-17(7-5-15)25-13-16-12-23-10-2-1-3-18(23)21-16;;/h1-7,10,12,14,20H,8-9,11,13H2,(H,22,24);2*1H. The van der Waals surface area contributed by atoms with Gasteiger partial charge in [0.05, 0.1) is 11.6 Å². The maximum atomic E-state index is 12.1. The van der Waals surface area contributed by atoms with Crippen LogP contribution < -0.4 is 15.4 Å². The van der Waals surface area contributed by atoms with E-state index in [0.29, 0.717) is 6.61 Å². The maximum absolute atomic E-state index is 12.1. The van der Waals surface area contributed by atoms with Gasteiger partial charge in [0.15, 0.2) is 0 Å². The molecule has 3 heterocycles. The first kappa shape index (κ1) is 21.0. The molecule has 0 radical (unpaired) electrons. The second-order valence-electron chi connectivity index (χ2n) is 6.19. The van der Waals surface area contributed by atoms with Crippen LogP contribution in [-0.4, -0.2) is 28.4 Å². The zero-order chi connectivity index (χ0) is 17.1. The molecule has 1 unspecified atom stereocenters. The highest BCUT2D eigenvalue weighted by atomic mass is 35.5. The van der Waals surface area contributed by atoms with Crippen LogP contribution in [0.5, 0.6) is 5.75 Å². The van der Waals surface area contributed by atoms with Gasteiger partial charge in [-0.25, -0.2) is 4.98 Å². The lowest BCUT2D eigenvalue weighted by Gasteiger charge is -2.10. The third-order valence-electron chi connectivity index (χ3n) is 4.35. The van der Waals surface area contributed by atoms with E-state index >= 15 is 0 Å². The molecule has 1 atom stereocenters. The van der Waals surface area contributed by atoms with Crippen molar-refractivity contribution in [3.05, 3.63) is 60.6 Å². The quantitative estimate of drug-likeness (QED) is 0.679. The Labute approximate surface area is 170 Å². The molecule has 0 spiro atoms. The number of halogens is 2. The normalized spacial score (nSPS) is 15.6. The van der Waals surface area contributed by atoms with E-state index in [-0.39, 0.29) is 36.6 Å². The van der Waals surface area contributed by atoms with Crippen molar-refractivity contribution in [3.8, 4) is 5.75 Å². The Morgan fingerprint density at radius 3 is 2.74 bits per heavy atom. The Bertz CT molecular complexity index is 844. The molecule has 2 aromatic heterocycles. The van der Waals surface area contributed by atoms with Gasteiger partial charge in [0.1, 0.15) is 18.0 Å². The molecule has 1 aliphatic heterocycles. The highest BCUT2D eigenvalue weighted by Crippen LogP contribution is 2.19. The number of pyridine rings is 1. The van der Waals surface area contributed by atoms with Crippen LogP contribution in [0.3, 0.4) is 0 Å². The Kier molecular flexibility index (Phi) is 7.47. The number of carbonyl (C=O) groups is 1. The molecule has 1 amide bonds. The van der Waals surface area contributed by atoms with Crippen LogP contribution in [0.25, 0.3) is 5.65 Å². The lowest BCUT2D eigenvalue weighted by Crippen LogP contribution is -2.24. The molecule has 8 heteroatoms. The fourth-order valence-corrected chi connectivity index (χ4v) is 2.97. The summed E-state index contributed by atoms with van der Waals surface area (Å²) in [5.41, 5.74) is 2.56. The van der Waals surface area contributed by atoms with Crippen LogP contribution in [0.15, 0.2) is 54.9 Å². The molecule has 0 bridgehead atoms. The van der Waals surface area contributed by atoms with Crippen molar-refractivity contribution in [2.45, 2.75) is 13.0 Å². The van der Waals surface area contributed by atoms with Gasteiger partial charge in [-0.1, -0.05) is 6.07 Å². The molecule has 1 aromatic carbocycles. The number of hydrogen-bond acceptors (Lipinski definition) is 4. The minimum Gasteiger partial charge on any atom is -0.487 e. The highest BCUT2D eigenvalue weighted by Gasteiger charge is 2.22. The highest BCUT2D eigenvalue weighted by molar-refractivity contribution is 5.92. The summed E-state index contributed by atoms with van der Waals surface area (Å²) in [6.45, 7) is 2.07. The maximum Gasteiger partial charge on any atom is 0.228 e. The fraction of sp³-hybridized carbons (Fsp3) is 0.263. The molecule has 1 saturated heterocycles. The van der Waals surface area contributed by atoms with E-state index in [2.05, 4.69) is 15.6 Å². The number of rotatable bonds is 5. The Morgan fingerprint density at radius 1 is 1.22 bits per heavy atom. The van der Waals surface area contributed by atoms with Gasteiger partial charge in [-0.3, -0.25) is 4.79 Å². The molecule has 0 aliphatic carbocycles. The number of carbonyl (C=O) groups excluding carboxylic acids is 1.